The molecule has 2 unspecified atom stereocenters. The van der Waals surface area contributed by atoms with Crippen molar-refractivity contribution < 1.29 is 0 Å². The van der Waals surface area contributed by atoms with Crippen molar-refractivity contribution in [3.8, 4) is 0 Å². The molecule has 1 aromatic heterocycles. The molecule has 0 amide bonds. The predicted molar refractivity (Wildman–Crippen MR) is 60.4 cm³/mol. The predicted octanol–water partition coefficient (Wildman–Crippen LogP) is 2.71. The molecule has 0 spiro atoms. The zero-order valence-electron chi connectivity index (χ0n) is 9.32. The average molecular weight is 213 g/mol. The molecule has 80 valence electrons. The van der Waals surface area contributed by atoms with Crippen molar-refractivity contribution in [2.75, 3.05) is 0 Å². The van der Waals surface area contributed by atoms with Gasteiger partial charge in [0, 0.05) is 6.04 Å². The van der Waals surface area contributed by atoms with Crippen LogP contribution < -0.4 is 5.73 Å². The van der Waals surface area contributed by atoms with Gasteiger partial charge in [-0.25, -0.2) is 0 Å². The van der Waals surface area contributed by atoms with Crippen molar-refractivity contribution in [3.63, 3.8) is 0 Å². The molecular formula is C10H19N3S. The summed E-state index contributed by atoms with van der Waals surface area (Å²) < 4.78 is 3.99. The summed E-state index contributed by atoms with van der Waals surface area (Å²) in [5.74, 6) is 0.911. The van der Waals surface area contributed by atoms with E-state index in [2.05, 4.69) is 37.3 Å². The first-order valence-corrected chi connectivity index (χ1v) is 5.93. The van der Waals surface area contributed by atoms with E-state index in [0.29, 0.717) is 11.8 Å². The largest absolute Gasteiger partial charge is 0.323 e. The van der Waals surface area contributed by atoms with Crippen LogP contribution in [0.5, 0.6) is 0 Å². The van der Waals surface area contributed by atoms with Crippen LogP contribution in [0.4, 0.5) is 0 Å². The van der Waals surface area contributed by atoms with E-state index in [1.807, 2.05) is 0 Å². The minimum Gasteiger partial charge on any atom is -0.323 e. The summed E-state index contributed by atoms with van der Waals surface area (Å²) in [6.07, 6.45) is 1.09. The molecule has 4 heteroatoms. The van der Waals surface area contributed by atoms with Crippen LogP contribution in [-0.2, 0) is 0 Å². The molecule has 0 bridgehead atoms. The molecule has 0 aliphatic rings. The quantitative estimate of drug-likeness (QED) is 0.836. The van der Waals surface area contributed by atoms with E-state index in [1.54, 1.807) is 0 Å². The van der Waals surface area contributed by atoms with Crippen molar-refractivity contribution in [2.24, 2.45) is 11.7 Å². The summed E-state index contributed by atoms with van der Waals surface area (Å²) in [4.78, 5) is 1.16. The van der Waals surface area contributed by atoms with Crippen molar-refractivity contribution in [2.45, 2.75) is 46.1 Å². The Hall–Kier alpha value is -0.480. The molecular weight excluding hydrogens is 194 g/mol. The SMILES string of the molecule is CCC(C)C(N)c1snnc1C(C)C. The van der Waals surface area contributed by atoms with E-state index in [1.165, 1.54) is 11.5 Å². The van der Waals surface area contributed by atoms with Gasteiger partial charge < -0.3 is 5.73 Å². The fraction of sp³-hybridized carbons (Fsp3) is 0.800. The first-order valence-electron chi connectivity index (χ1n) is 5.15. The van der Waals surface area contributed by atoms with E-state index in [-0.39, 0.29) is 6.04 Å². The van der Waals surface area contributed by atoms with Gasteiger partial charge in [-0.3, -0.25) is 0 Å². The van der Waals surface area contributed by atoms with Gasteiger partial charge in [0.1, 0.15) is 0 Å². The van der Waals surface area contributed by atoms with Gasteiger partial charge in [0.2, 0.25) is 0 Å². The molecule has 2 N–H and O–H groups in total. The van der Waals surface area contributed by atoms with Crippen LogP contribution >= 0.6 is 11.5 Å². The molecule has 0 saturated heterocycles. The molecule has 0 aliphatic carbocycles. The molecule has 0 aliphatic heterocycles. The number of hydrogen-bond donors (Lipinski definition) is 1. The Labute approximate surface area is 89.9 Å². The van der Waals surface area contributed by atoms with E-state index in [0.717, 1.165) is 17.0 Å². The summed E-state index contributed by atoms with van der Waals surface area (Å²) in [6, 6.07) is 0.0948. The standard InChI is InChI=1S/C10H19N3S/c1-5-7(4)8(11)10-9(6(2)3)12-13-14-10/h6-8H,5,11H2,1-4H3. The lowest BCUT2D eigenvalue weighted by molar-refractivity contribution is 0.458. The monoisotopic (exact) mass is 213 g/mol. The molecule has 0 aromatic carbocycles. The van der Waals surface area contributed by atoms with Crippen LogP contribution in [0.15, 0.2) is 0 Å². The van der Waals surface area contributed by atoms with Gasteiger partial charge in [-0.1, -0.05) is 38.6 Å². The van der Waals surface area contributed by atoms with Crippen LogP contribution in [0.1, 0.15) is 56.6 Å². The molecule has 3 nitrogen and oxygen atoms in total. The van der Waals surface area contributed by atoms with Crippen LogP contribution in [0.2, 0.25) is 0 Å². The maximum atomic E-state index is 6.16. The third-order valence-corrected chi connectivity index (χ3v) is 3.49. The molecule has 2 atom stereocenters. The van der Waals surface area contributed by atoms with Gasteiger partial charge in [-0.15, -0.1) is 5.10 Å². The Morgan fingerprint density at radius 1 is 1.36 bits per heavy atom. The van der Waals surface area contributed by atoms with Crippen molar-refractivity contribution >= 4 is 11.5 Å². The van der Waals surface area contributed by atoms with Crippen LogP contribution in [0.3, 0.4) is 0 Å². The number of nitrogens with zero attached hydrogens (tertiary/aromatic N) is 2. The highest BCUT2D eigenvalue weighted by atomic mass is 32.1. The third-order valence-electron chi connectivity index (χ3n) is 2.65. The summed E-state index contributed by atoms with van der Waals surface area (Å²) in [6.45, 7) is 8.59. The van der Waals surface area contributed by atoms with Gasteiger partial charge in [-0.2, -0.15) is 0 Å². The first kappa shape index (κ1) is 11.6. The maximum Gasteiger partial charge on any atom is 0.0829 e. The Balaban J connectivity index is 2.89. The second kappa shape index (κ2) is 4.84. The molecule has 1 heterocycles. The third kappa shape index (κ3) is 2.30. The first-order chi connectivity index (χ1) is 6.57. The van der Waals surface area contributed by atoms with Crippen LogP contribution in [0, 0.1) is 5.92 Å². The highest BCUT2D eigenvalue weighted by molar-refractivity contribution is 7.05. The summed E-state index contributed by atoms with van der Waals surface area (Å²) >= 11 is 1.44. The minimum absolute atomic E-state index is 0.0948. The highest BCUT2D eigenvalue weighted by Crippen LogP contribution is 2.30. The zero-order valence-corrected chi connectivity index (χ0v) is 10.1. The van der Waals surface area contributed by atoms with Gasteiger partial charge in [-0.05, 0) is 23.4 Å². The van der Waals surface area contributed by atoms with Crippen LogP contribution in [-0.4, -0.2) is 9.59 Å². The van der Waals surface area contributed by atoms with Gasteiger partial charge >= 0.3 is 0 Å². The lowest BCUT2D eigenvalue weighted by Gasteiger charge is -2.17. The van der Waals surface area contributed by atoms with Crippen LogP contribution in [0.25, 0.3) is 0 Å². The van der Waals surface area contributed by atoms with Crippen molar-refractivity contribution in [1.29, 1.82) is 0 Å². The Bertz CT molecular complexity index is 283. The fourth-order valence-corrected chi connectivity index (χ4v) is 2.29. The molecule has 1 rings (SSSR count). The zero-order chi connectivity index (χ0) is 10.7. The number of rotatable bonds is 4. The molecule has 0 saturated carbocycles. The highest BCUT2D eigenvalue weighted by Gasteiger charge is 2.21. The fourth-order valence-electron chi connectivity index (χ4n) is 1.35. The second-order valence-corrected chi connectivity index (χ2v) is 4.87. The van der Waals surface area contributed by atoms with Gasteiger partial charge in [0.15, 0.2) is 0 Å². The Morgan fingerprint density at radius 3 is 2.50 bits per heavy atom. The minimum atomic E-state index is 0.0948. The Kier molecular flexibility index (Phi) is 4.01. The van der Waals surface area contributed by atoms with E-state index >= 15 is 0 Å². The van der Waals surface area contributed by atoms with Crippen molar-refractivity contribution in [3.05, 3.63) is 10.6 Å². The summed E-state index contributed by atoms with van der Waals surface area (Å²) in [5.41, 5.74) is 7.23. The molecule has 0 fully saturated rings. The number of hydrogen-bond acceptors (Lipinski definition) is 4. The lowest BCUT2D eigenvalue weighted by Crippen LogP contribution is -2.19. The van der Waals surface area contributed by atoms with E-state index < -0.39 is 0 Å². The molecule has 0 radical (unpaired) electrons. The van der Waals surface area contributed by atoms with E-state index in [9.17, 15) is 0 Å². The summed E-state index contributed by atoms with van der Waals surface area (Å²) in [7, 11) is 0. The average Bonchev–Trinajstić information content (AvgIpc) is 2.63. The summed E-state index contributed by atoms with van der Waals surface area (Å²) in [5, 5.41) is 4.14. The van der Waals surface area contributed by atoms with E-state index in [4.69, 9.17) is 5.73 Å². The molecule has 14 heavy (non-hydrogen) atoms. The number of aromatic nitrogens is 2. The topological polar surface area (TPSA) is 51.8 Å². The smallest absolute Gasteiger partial charge is 0.0829 e. The Morgan fingerprint density at radius 2 is 2.00 bits per heavy atom. The van der Waals surface area contributed by atoms with Gasteiger partial charge in [0.05, 0.1) is 10.6 Å². The molecule has 1 aromatic rings. The number of nitrogens with two attached hydrogens (primary N) is 1. The van der Waals surface area contributed by atoms with Gasteiger partial charge in [0.25, 0.3) is 0 Å². The maximum absolute atomic E-state index is 6.16. The van der Waals surface area contributed by atoms with Crippen molar-refractivity contribution in [1.82, 2.24) is 9.59 Å². The second-order valence-electron chi connectivity index (χ2n) is 4.09. The normalized spacial score (nSPS) is 15.9. The lowest BCUT2D eigenvalue weighted by atomic mass is 9.95.